The number of rotatable bonds is 7. The first-order chi connectivity index (χ1) is 13.1. The van der Waals surface area contributed by atoms with Crippen LogP contribution in [0, 0.1) is 5.41 Å². The third-order valence-electron chi connectivity index (χ3n) is 5.96. The summed E-state index contributed by atoms with van der Waals surface area (Å²) in [6, 6.07) is 8.07. The zero-order valence-electron chi connectivity index (χ0n) is 16.8. The maximum atomic E-state index is 12.6. The van der Waals surface area contributed by atoms with Crippen molar-refractivity contribution in [2.75, 3.05) is 66.6 Å². The molecule has 2 fully saturated rings. The third kappa shape index (κ3) is 5.75. The Morgan fingerprint density at radius 3 is 2.44 bits per heavy atom. The number of nitrogens with one attached hydrogen (secondary N) is 2. The summed E-state index contributed by atoms with van der Waals surface area (Å²) in [5.41, 5.74) is 2.06. The van der Waals surface area contributed by atoms with Crippen molar-refractivity contribution in [1.82, 2.24) is 20.4 Å². The molecular formula is C21H34N4O2. The van der Waals surface area contributed by atoms with Crippen LogP contribution in [-0.4, -0.2) is 82.3 Å². The number of benzene rings is 1. The number of nitrogens with zero attached hydrogens (tertiary/aromatic N) is 2. The van der Waals surface area contributed by atoms with Gasteiger partial charge in [0, 0.05) is 57.4 Å². The van der Waals surface area contributed by atoms with Crippen molar-refractivity contribution < 1.29 is 9.53 Å². The molecule has 0 radical (unpaired) electrons. The summed E-state index contributed by atoms with van der Waals surface area (Å²) in [5, 5.41) is 6.52. The SMILES string of the molecule is COCC1(CNC(=O)c2ccc(CN3CCN(C)CC3)cc2)CCNCC1. The van der Waals surface area contributed by atoms with Gasteiger partial charge in [0.1, 0.15) is 0 Å². The Balaban J connectivity index is 1.51. The van der Waals surface area contributed by atoms with Crippen molar-refractivity contribution in [3.05, 3.63) is 35.4 Å². The highest BCUT2D eigenvalue weighted by atomic mass is 16.5. The van der Waals surface area contributed by atoms with E-state index < -0.39 is 0 Å². The largest absolute Gasteiger partial charge is 0.384 e. The van der Waals surface area contributed by atoms with Crippen LogP contribution in [-0.2, 0) is 11.3 Å². The van der Waals surface area contributed by atoms with Crippen molar-refractivity contribution >= 4 is 5.91 Å². The molecular weight excluding hydrogens is 340 g/mol. The van der Waals surface area contributed by atoms with Crippen molar-refractivity contribution in [1.29, 1.82) is 0 Å². The van der Waals surface area contributed by atoms with E-state index in [-0.39, 0.29) is 11.3 Å². The Morgan fingerprint density at radius 1 is 1.15 bits per heavy atom. The molecule has 2 aliphatic heterocycles. The summed E-state index contributed by atoms with van der Waals surface area (Å²) >= 11 is 0. The first-order valence-electron chi connectivity index (χ1n) is 10.1. The molecule has 0 spiro atoms. The van der Waals surface area contributed by atoms with Gasteiger partial charge in [0.15, 0.2) is 0 Å². The average molecular weight is 375 g/mol. The topological polar surface area (TPSA) is 56.8 Å². The lowest BCUT2D eigenvalue weighted by Crippen LogP contribution is -2.47. The molecule has 1 aromatic carbocycles. The molecule has 0 aromatic heterocycles. The van der Waals surface area contributed by atoms with Crippen molar-refractivity contribution in [3.8, 4) is 0 Å². The monoisotopic (exact) mass is 374 g/mol. The summed E-state index contributed by atoms with van der Waals surface area (Å²) in [6.07, 6.45) is 2.07. The van der Waals surface area contributed by atoms with Crippen LogP contribution in [0.15, 0.2) is 24.3 Å². The maximum Gasteiger partial charge on any atom is 0.251 e. The fourth-order valence-electron chi connectivity index (χ4n) is 4.03. The van der Waals surface area contributed by atoms with E-state index in [1.807, 2.05) is 12.1 Å². The number of amides is 1. The molecule has 6 heteroatoms. The molecule has 150 valence electrons. The zero-order chi connectivity index (χ0) is 19.1. The second-order valence-electron chi connectivity index (χ2n) is 8.14. The minimum absolute atomic E-state index is 0.00941. The van der Waals surface area contributed by atoms with Crippen molar-refractivity contribution in [3.63, 3.8) is 0 Å². The summed E-state index contributed by atoms with van der Waals surface area (Å²) < 4.78 is 5.43. The molecule has 2 N–H and O–H groups in total. The second-order valence-corrected chi connectivity index (χ2v) is 8.14. The fraction of sp³-hybridized carbons (Fsp3) is 0.667. The molecule has 2 heterocycles. The number of hydrogen-bond acceptors (Lipinski definition) is 5. The van der Waals surface area contributed by atoms with Crippen molar-refractivity contribution in [2.24, 2.45) is 5.41 Å². The van der Waals surface area contributed by atoms with E-state index in [1.54, 1.807) is 7.11 Å². The number of piperidine rings is 1. The first kappa shape index (κ1) is 20.3. The summed E-state index contributed by atoms with van der Waals surface area (Å²) in [4.78, 5) is 17.4. The predicted molar refractivity (Wildman–Crippen MR) is 108 cm³/mol. The Morgan fingerprint density at radius 2 is 1.81 bits per heavy atom. The molecule has 0 unspecified atom stereocenters. The first-order valence-corrected chi connectivity index (χ1v) is 10.1. The zero-order valence-corrected chi connectivity index (χ0v) is 16.8. The molecule has 3 rings (SSSR count). The number of piperazine rings is 1. The molecule has 0 atom stereocenters. The smallest absolute Gasteiger partial charge is 0.251 e. The molecule has 0 bridgehead atoms. The average Bonchev–Trinajstić information content (AvgIpc) is 2.69. The number of likely N-dealkylation sites (N-methyl/N-ethyl adjacent to an activating group) is 1. The van der Waals surface area contributed by atoms with E-state index >= 15 is 0 Å². The van der Waals surface area contributed by atoms with Gasteiger partial charge in [-0.05, 0) is 50.7 Å². The van der Waals surface area contributed by atoms with E-state index in [1.165, 1.54) is 5.56 Å². The van der Waals surface area contributed by atoms with Gasteiger partial charge in [0.05, 0.1) is 6.61 Å². The van der Waals surface area contributed by atoms with Gasteiger partial charge in [-0.1, -0.05) is 12.1 Å². The van der Waals surface area contributed by atoms with Crippen LogP contribution in [0.3, 0.4) is 0 Å². The fourth-order valence-corrected chi connectivity index (χ4v) is 4.03. The van der Waals surface area contributed by atoms with Gasteiger partial charge in [-0.3, -0.25) is 9.69 Å². The van der Waals surface area contributed by atoms with Gasteiger partial charge in [0.25, 0.3) is 5.91 Å². The Labute approximate surface area is 163 Å². The van der Waals surface area contributed by atoms with E-state index in [0.717, 1.165) is 64.2 Å². The summed E-state index contributed by atoms with van der Waals surface area (Å²) in [6.45, 7) is 8.76. The number of ether oxygens (including phenoxy) is 1. The van der Waals surface area contributed by atoms with Crippen LogP contribution in [0.2, 0.25) is 0 Å². The second kappa shape index (κ2) is 9.64. The molecule has 2 aliphatic rings. The molecule has 0 saturated carbocycles. The lowest BCUT2D eigenvalue weighted by atomic mass is 9.79. The normalized spacial score (nSPS) is 21.1. The highest BCUT2D eigenvalue weighted by molar-refractivity contribution is 5.94. The molecule has 27 heavy (non-hydrogen) atoms. The van der Waals surface area contributed by atoms with Gasteiger partial charge in [0.2, 0.25) is 0 Å². The summed E-state index contributed by atoms with van der Waals surface area (Å²) in [7, 11) is 3.91. The van der Waals surface area contributed by atoms with E-state index in [9.17, 15) is 4.79 Å². The van der Waals surface area contributed by atoms with Crippen LogP contribution >= 0.6 is 0 Å². The van der Waals surface area contributed by atoms with Gasteiger partial charge in [-0.25, -0.2) is 0 Å². The van der Waals surface area contributed by atoms with E-state index in [4.69, 9.17) is 4.74 Å². The molecule has 0 aliphatic carbocycles. The van der Waals surface area contributed by atoms with Gasteiger partial charge < -0.3 is 20.3 Å². The maximum absolute atomic E-state index is 12.6. The van der Waals surface area contributed by atoms with Crippen LogP contribution in [0.25, 0.3) is 0 Å². The highest BCUT2D eigenvalue weighted by Crippen LogP contribution is 2.28. The van der Waals surface area contributed by atoms with Crippen LogP contribution in [0.4, 0.5) is 0 Å². The molecule has 1 amide bonds. The Kier molecular flexibility index (Phi) is 7.24. The lowest BCUT2D eigenvalue weighted by molar-refractivity contribution is 0.0512. The van der Waals surface area contributed by atoms with E-state index in [0.29, 0.717) is 13.2 Å². The number of carbonyl (C=O) groups is 1. The van der Waals surface area contributed by atoms with Gasteiger partial charge in [-0.2, -0.15) is 0 Å². The highest BCUT2D eigenvalue weighted by Gasteiger charge is 2.32. The molecule has 2 saturated heterocycles. The van der Waals surface area contributed by atoms with Gasteiger partial charge >= 0.3 is 0 Å². The third-order valence-corrected chi connectivity index (χ3v) is 5.96. The Hall–Kier alpha value is -1.47. The Bertz CT molecular complexity index is 585. The molecule has 1 aromatic rings. The minimum atomic E-state index is 0.00941. The van der Waals surface area contributed by atoms with Crippen LogP contribution in [0.5, 0.6) is 0 Å². The van der Waals surface area contributed by atoms with E-state index in [2.05, 4.69) is 39.6 Å². The number of hydrogen-bond donors (Lipinski definition) is 2. The van der Waals surface area contributed by atoms with Crippen LogP contribution in [0.1, 0.15) is 28.8 Å². The quantitative estimate of drug-likeness (QED) is 0.751. The van der Waals surface area contributed by atoms with Crippen LogP contribution < -0.4 is 10.6 Å². The number of carbonyl (C=O) groups excluding carboxylic acids is 1. The summed E-state index contributed by atoms with van der Waals surface area (Å²) in [5.74, 6) is 0.00941. The number of methoxy groups -OCH3 is 1. The minimum Gasteiger partial charge on any atom is -0.384 e. The lowest BCUT2D eigenvalue weighted by Gasteiger charge is -2.37. The van der Waals surface area contributed by atoms with Gasteiger partial charge in [-0.15, -0.1) is 0 Å². The molecule has 6 nitrogen and oxygen atoms in total. The standard InChI is InChI=1S/C21H34N4O2/c1-24-11-13-25(14-12-24)15-18-3-5-19(6-4-18)20(26)23-16-21(17-27-2)7-9-22-10-8-21/h3-6,22H,7-17H2,1-2H3,(H,23,26). The predicted octanol–water partition coefficient (Wildman–Crippen LogP) is 1.18. The van der Waals surface area contributed by atoms with Crippen molar-refractivity contribution in [2.45, 2.75) is 19.4 Å².